The second-order valence-corrected chi connectivity index (χ2v) is 2.47. The Labute approximate surface area is 55.7 Å². The molecule has 0 spiro atoms. The van der Waals surface area contributed by atoms with E-state index in [4.69, 9.17) is 5.11 Å². The molecule has 50 valence electrons. The smallest absolute Gasteiger partial charge is 0.0888 e. The van der Waals surface area contributed by atoms with Gasteiger partial charge < -0.3 is 5.11 Å². The van der Waals surface area contributed by atoms with Crippen molar-refractivity contribution >= 4 is 0 Å². The lowest BCUT2D eigenvalue weighted by Crippen LogP contribution is -2.02. The lowest BCUT2D eigenvalue weighted by atomic mass is 9.93. The predicted molar refractivity (Wildman–Crippen MR) is 38.2 cm³/mol. The Kier molecular flexibility index (Phi) is 1.93. The lowest BCUT2D eigenvalue weighted by molar-refractivity contribution is 0.345. The van der Waals surface area contributed by atoms with Crippen molar-refractivity contribution in [3.05, 3.63) is 24.5 Å². The maximum atomic E-state index is 9.02. The van der Waals surface area contributed by atoms with E-state index in [1.807, 2.05) is 12.2 Å². The fraction of sp³-hybridized carbons (Fsp3) is 0.500. The van der Waals surface area contributed by atoms with Crippen molar-refractivity contribution in [2.45, 2.75) is 19.3 Å². The molecule has 1 unspecified atom stereocenters. The van der Waals surface area contributed by atoms with Gasteiger partial charge in [0.25, 0.3) is 0 Å². The van der Waals surface area contributed by atoms with Crippen LogP contribution in [-0.4, -0.2) is 5.11 Å². The fourth-order valence-electron chi connectivity index (χ4n) is 1.12. The Morgan fingerprint density at radius 1 is 1.78 bits per heavy atom. The van der Waals surface area contributed by atoms with Crippen LogP contribution in [0.25, 0.3) is 0 Å². The predicted octanol–water partition coefficient (Wildman–Crippen LogP) is 2.41. The Morgan fingerprint density at radius 3 is 3.00 bits per heavy atom. The first-order valence-electron chi connectivity index (χ1n) is 3.33. The molecule has 0 aromatic rings. The van der Waals surface area contributed by atoms with Gasteiger partial charge in [0.1, 0.15) is 0 Å². The van der Waals surface area contributed by atoms with Crippen LogP contribution >= 0.6 is 0 Å². The molecule has 0 aliphatic heterocycles. The van der Waals surface area contributed by atoms with Crippen LogP contribution in [0.5, 0.6) is 0 Å². The van der Waals surface area contributed by atoms with Crippen molar-refractivity contribution in [1.82, 2.24) is 0 Å². The summed E-state index contributed by atoms with van der Waals surface area (Å²) in [6.07, 6.45) is 6.75. The lowest BCUT2D eigenvalue weighted by Gasteiger charge is -2.14. The van der Waals surface area contributed by atoms with Crippen LogP contribution in [0.4, 0.5) is 0 Å². The quantitative estimate of drug-likeness (QED) is 0.532. The molecule has 1 atom stereocenters. The van der Waals surface area contributed by atoms with Gasteiger partial charge in [0.2, 0.25) is 0 Å². The van der Waals surface area contributed by atoms with Crippen LogP contribution in [0.2, 0.25) is 0 Å². The fourth-order valence-corrected chi connectivity index (χ4v) is 1.12. The molecule has 0 amide bonds. The minimum absolute atomic E-state index is 0.509. The number of hydrogen-bond acceptors (Lipinski definition) is 1. The Bertz CT molecular complexity index is 136. The Morgan fingerprint density at radius 2 is 2.56 bits per heavy atom. The average molecular weight is 124 g/mol. The molecule has 1 rings (SSSR count). The molecule has 1 N–H and O–H groups in total. The first-order chi connectivity index (χ1) is 4.33. The van der Waals surface area contributed by atoms with Crippen molar-refractivity contribution in [2.75, 3.05) is 0 Å². The maximum Gasteiger partial charge on any atom is 0.0888 e. The number of aliphatic hydroxyl groups is 1. The van der Waals surface area contributed by atoms with Crippen molar-refractivity contribution in [1.29, 1.82) is 0 Å². The second-order valence-electron chi connectivity index (χ2n) is 2.47. The van der Waals surface area contributed by atoms with E-state index in [0.717, 1.165) is 19.3 Å². The van der Waals surface area contributed by atoms with Crippen molar-refractivity contribution < 1.29 is 5.11 Å². The SMILES string of the molecule is C=CC1CCC=C(O)C1. The molecule has 0 radical (unpaired) electrons. The van der Waals surface area contributed by atoms with Crippen LogP contribution in [0.1, 0.15) is 19.3 Å². The summed E-state index contributed by atoms with van der Waals surface area (Å²) in [6.45, 7) is 3.68. The molecule has 1 aliphatic carbocycles. The Hall–Kier alpha value is -0.720. The normalized spacial score (nSPS) is 27.1. The summed E-state index contributed by atoms with van der Waals surface area (Å²) in [4.78, 5) is 0. The molecular formula is C8H12O. The Balaban J connectivity index is 2.48. The molecule has 0 saturated heterocycles. The highest BCUT2D eigenvalue weighted by Crippen LogP contribution is 2.22. The summed E-state index contributed by atoms with van der Waals surface area (Å²) in [5.41, 5.74) is 0. The summed E-state index contributed by atoms with van der Waals surface area (Å²) in [5, 5.41) is 9.02. The molecule has 0 fully saturated rings. The molecule has 0 saturated carbocycles. The van der Waals surface area contributed by atoms with E-state index >= 15 is 0 Å². The minimum atomic E-state index is 0.509. The molecule has 1 nitrogen and oxygen atoms in total. The van der Waals surface area contributed by atoms with Crippen molar-refractivity contribution in [2.24, 2.45) is 5.92 Å². The number of hydrogen-bond donors (Lipinski definition) is 1. The molecule has 1 aliphatic rings. The number of allylic oxidation sites excluding steroid dienone is 3. The molecule has 0 aromatic carbocycles. The summed E-state index contributed by atoms with van der Waals surface area (Å²) in [6, 6.07) is 0. The van der Waals surface area contributed by atoms with Gasteiger partial charge in [0, 0.05) is 6.42 Å². The van der Waals surface area contributed by atoms with E-state index in [0.29, 0.717) is 11.7 Å². The molecule has 0 heterocycles. The summed E-state index contributed by atoms with van der Waals surface area (Å²) in [7, 11) is 0. The van der Waals surface area contributed by atoms with Crippen LogP contribution < -0.4 is 0 Å². The van der Waals surface area contributed by atoms with Gasteiger partial charge in [-0.05, 0) is 24.8 Å². The van der Waals surface area contributed by atoms with E-state index in [1.54, 1.807) is 0 Å². The largest absolute Gasteiger partial charge is 0.513 e. The zero-order valence-corrected chi connectivity index (χ0v) is 5.51. The molecular weight excluding hydrogens is 112 g/mol. The van der Waals surface area contributed by atoms with Crippen LogP contribution in [0, 0.1) is 5.92 Å². The first kappa shape index (κ1) is 6.40. The van der Waals surface area contributed by atoms with Gasteiger partial charge in [0.05, 0.1) is 5.76 Å². The van der Waals surface area contributed by atoms with Crippen LogP contribution in [0.3, 0.4) is 0 Å². The van der Waals surface area contributed by atoms with E-state index in [-0.39, 0.29) is 0 Å². The van der Waals surface area contributed by atoms with Gasteiger partial charge >= 0.3 is 0 Å². The molecule has 0 aromatic heterocycles. The highest BCUT2D eigenvalue weighted by Gasteiger charge is 2.10. The standard InChI is InChI=1S/C8H12O/c1-2-7-4-3-5-8(9)6-7/h2,5,7,9H,1,3-4,6H2. The summed E-state index contributed by atoms with van der Waals surface area (Å²) >= 11 is 0. The first-order valence-corrected chi connectivity index (χ1v) is 3.33. The number of rotatable bonds is 1. The summed E-state index contributed by atoms with van der Waals surface area (Å²) in [5.74, 6) is 1.04. The zero-order chi connectivity index (χ0) is 6.69. The molecule has 0 bridgehead atoms. The van der Waals surface area contributed by atoms with Gasteiger partial charge in [-0.2, -0.15) is 0 Å². The van der Waals surface area contributed by atoms with Crippen LogP contribution in [0.15, 0.2) is 24.5 Å². The highest BCUT2D eigenvalue weighted by atomic mass is 16.3. The monoisotopic (exact) mass is 124 g/mol. The zero-order valence-electron chi connectivity index (χ0n) is 5.51. The third-order valence-electron chi connectivity index (χ3n) is 1.72. The van der Waals surface area contributed by atoms with E-state index in [2.05, 4.69) is 6.58 Å². The van der Waals surface area contributed by atoms with Gasteiger partial charge in [-0.1, -0.05) is 6.08 Å². The van der Waals surface area contributed by atoms with Crippen molar-refractivity contribution in [3.8, 4) is 0 Å². The van der Waals surface area contributed by atoms with Crippen molar-refractivity contribution in [3.63, 3.8) is 0 Å². The van der Waals surface area contributed by atoms with E-state index < -0.39 is 0 Å². The number of aliphatic hydroxyl groups excluding tert-OH is 1. The van der Waals surface area contributed by atoms with Gasteiger partial charge in [-0.25, -0.2) is 0 Å². The maximum absolute atomic E-state index is 9.02. The van der Waals surface area contributed by atoms with E-state index in [9.17, 15) is 0 Å². The highest BCUT2D eigenvalue weighted by molar-refractivity contribution is 5.01. The van der Waals surface area contributed by atoms with Gasteiger partial charge in [-0.3, -0.25) is 0 Å². The minimum Gasteiger partial charge on any atom is -0.513 e. The second kappa shape index (κ2) is 2.72. The third-order valence-corrected chi connectivity index (χ3v) is 1.72. The van der Waals surface area contributed by atoms with Gasteiger partial charge in [0.15, 0.2) is 0 Å². The third kappa shape index (κ3) is 1.60. The van der Waals surface area contributed by atoms with Crippen LogP contribution in [-0.2, 0) is 0 Å². The molecule has 9 heavy (non-hydrogen) atoms. The topological polar surface area (TPSA) is 20.2 Å². The van der Waals surface area contributed by atoms with Gasteiger partial charge in [-0.15, -0.1) is 6.58 Å². The van der Waals surface area contributed by atoms with E-state index in [1.165, 1.54) is 0 Å². The average Bonchev–Trinajstić information content (AvgIpc) is 1.88. The summed E-state index contributed by atoms with van der Waals surface area (Å²) < 4.78 is 0. The molecule has 1 heteroatoms.